The Bertz CT molecular complexity index is 813. The number of rotatable bonds is 6. The number of carbonyl (C=O) groups is 1. The van der Waals surface area contributed by atoms with E-state index in [4.69, 9.17) is 4.74 Å². The first kappa shape index (κ1) is 18.0. The number of nitrogens with zero attached hydrogens (tertiary/aromatic N) is 1. The minimum Gasteiger partial charge on any atom is -0.423 e. The molecule has 0 heterocycles. The average molecular weight is 347 g/mol. The van der Waals surface area contributed by atoms with Crippen LogP contribution in [0.5, 0.6) is 5.75 Å². The molecule has 0 aromatic heterocycles. The number of ether oxygens (including phenoxy) is 1. The van der Waals surface area contributed by atoms with E-state index in [1.807, 2.05) is 19.1 Å². The Morgan fingerprint density at radius 2 is 1.71 bits per heavy atom. The van der Waals surface area contributed by atoms with Crippen molar-refractivity contribution in [2.24, 2.45) is 0 Å². The van der Waals surface area contributed by atoms with Crippen LogP contribution >= 0.6 is 0 Å². The molecule has 0 unspecified atom stereocenters. The molecule has 0 aliphatic carbocycles. The summed E-state index contributed by atoms with van der Waals surface area (Å²) >= 11 is 0. The second kappa shape index (κ2) is 7.49. The maximum Gasteiger partial charge on any atom is 0.345 e. The van der Waals surface area contributed by atoms with E-state index in [0.29, 0.717) is 17.9 Å². The van der Waals surface area contributed by atoms with Crippen molar-refractivity contribution in [3.63, 3.8) is 0 Å². The van der Waals surface area contributed by atoms with Crippen LogP contribution in [0, 0.1) is 6.92 Å². The van der Waals surface area contributed by atoms with E-state index < -0.39 is 16.0 Å². The fraction of sp³-hybridized carbons (Fsp3) is 0.278. The van der Waals surface area contributed by atoms with E-state index in [-0.39, 0.29) is 11.3 Å². The van der Waals surface area contributed by atoms with Crippen LogP contribution in [-0.2, 0) is 10.0 Å². The third-order valence-electron chi connectivity index (χ3n) is 3.57. The predicted octanol–water partition coefficient (Wildman–Crippen LogP) is 3.39. The highest BCUT2D eigenvalue weighted by atomic mass is 32.2. The van der Waals surface area contributed by atoms with Gasteiger partial charge in [0.05, 0.1) is 17.0 Å². The molecule has 128 valence electrons. The van der Waals surface area contributed by atoms with Crippen molar-refractivity contribution >= 4 is 21.7 Å². The monoisotopic (exact) mass is 347 g/mol. The highest BCUT2D eigenvalue weighted by Gasteiger charge is 2.23. The summed E-state index contributed by atoms with van der Waals surface area (Å²) in [6, 6.07) is 13.6. The zero-order valence-electron chi connectivity index (χ0n) is 14.0. The molecule has 0 amide bonds. The standard InChI is InChI=1S/C18H21NO4S/c1-4-13-24(21,22)19(3)17-8-6-5-7-16(17)18(20)23-15-11-9-14(2)10-12-15/h5-12H,4,13H2,1-3H3. The summed E-state index contributed by atoms with van der Waals surface area (Å²) in [6.45, 7) is 3.73. The van der Waals surface area contributed by atoms with Gasteiger partial charge in [-0.2, -0.15) is 0 Å². The molecule has 0 aliphatic heterocycles. The minimum absolute atomic E-state index is 0.0187. The molecule has 0 bridgehead atoms. The second-order valence-electron chi connectivity index (χ2n) is 5.50. The zero-order chi connectivity index (χ0) is 17.7. The van der Waals surface area contributed by atoms with Crippen molar-refractivity contribution in [2.75, 3.05) is 17.1 Å². The van der Waals surface area contributed by atoms with Crippen molar-refractivity contribution in [2.45, 2.75) is 20.3 Å². The molecule has 2 rings (SSSR count). The van der Waals surface area contributed by atoms with E-state index in [9.17, 15) is 13.2 Å². The Morgan fingerprint density at radius 3 is 2.33 bits per heavy atom. The van der Waals surface area contributed by atoms with E-state index >= 15 is 0 Å². The van der Waals surface area contributed by atoms with Crippen LogP contribution in [0.1, 0.15) is 29.3 Å². The van der Waals surface area contributed by atoms with Crippen LogP contribution in [0.15, 0.2) is 48.5 Å². The van der Waals surface area contributed by atoms with Gasteiger partial charge in [0.2, 0.25) is 10.0 Å². The van der Waals surface area contributed by atoms with Gasteiger partial charge >= 0.3 is 5.97 Å². The number of para-hydroxylation sites is 1. The van der Waals surface area contributed by atoms with E-state index in [1.54, 1.807) is 43.3 Å². The number of aryl methyl sites for hydroxylation is 1. The topological polar surface area (TPSA) is 63.7 Å². The van der Waals surface area contributed by atoms with Crippen molar-refractivity contribution in [3.05, 3.63) is 59.7 Å². The molecular weight excluding hydrogens is 326 g/mol. The quantitative estimate of drug-likeness (QED) is 0.593. The molecule has 0 atom stereocenters. The molecule has 0 radical (unpaired) electrons. The Balaban J connectivity index is 2.31. The molecule has 24 heavy (non-hydrogen) atoms. The predicted molar refractivity (Wildman–Crippen MR) is 95.1 cm³/mol. The number of hydrogen-bond acceptors (Lipinski definition) is 4. The minimum atomic E-state index is -3.47. The fourth-order valence-electron chi connectivity index (χ4n) is 2.23. The zero-order valence-corrected chi connectivity index (χ0v) is 14.8. The number of hydrogen-bond donors (Lipinski definition) is 0. The molecule has 0 fully saturated rings. The van der Waals surface area contributed by atoms with Gasteiger partial charge in [0.25, 0.3) is 0 Å². The molecule has 6 heteroatoms. The third-order valence-corrected chi connectivity index (χ3v) is 5.53. The third kappa shape index (κ3) is 4.14. The number of benzene rings is 2. The van der Waals surface area contributed by atoms with Crippen molar-refractivity contribution in [1.29, 1.82) is 0 Å². The first-order valence-corrected chi connectivity index (χ1v) is 9.30. The lowest BCUT2D eigenvalue weighted by molar-refractivity contribution is 0.0735. The fourth-order valence-corrected chi connectivity index (χ4v) is 3.48. The first-order chi connectivity index (χ1) is 11.3. The number of carbonyl (C=O) groups excluding carboxylic acids is 1. The van der Waals surface area contributed by atoms with Gasteiger partial charge in [-0.3, -0.25) is 4.31 Å². The van der Waals surface area contributed by atoms with Gasteiger partial charge in [0, 0.05) is 7.05 Å². The summed E-state index contributed by atoms with van der Waals surface area (Å²) < 4.78 is 31.1. The Morgan fingerprint density at radius 1 is 1.08 bits per heavy atom. The summed E-state index contributed by atoms with van der Waals surface area (Å²) in [5, 5.41) is 0. The summed E-state index contributed by atoms with van der Waals surface area (Å²) in [5.74, 6) is -0.155. The maximum absolute atomic E-state index is 12.5. The van der Waals surface area contributed by atoms with Gasteiger partial charge in [0.15, 0.2) is 0 Å². The van der Waals surface area contributed by atoms with Gasteiger partial charge < -0.3 is 4.74 Å². The SMILES string of the molecule is CCCS(=O)(=O)N(C)c1ccccc1C(=O)Oc1ccc(C)cc1. The molecule has 0 aliphatic rings. The van der Waals surface area contributed by atoms with Crippen molar-refractivity contribution in [1.82, 2.24) is 0 Å². The van der Waals surface area contributed by atoms with E-state index in [0.717, 1.165) is 9.87 Å². The number of sulfonamides is 1. The molecule has 0 spiro atoms. The van der Waals surface area contributed by atoms with Gasteiger partial charge in [0.1, 0.15) is 5.75 Å². The number of esters is 1. The first-order valence-electron chi connectivity index (χ1n) is 7.69. The van der Waals surface area contributed by atoms with E-state index in [1.165, 1.54) is 7.05 Å². The molecule has 0 saturated carbocycles. The molecule has 2 aromatic carbocycles. The Labute approximate surface area is 142 Å². The highest BCUT2D eigenvalue weighted by molar-refractivity contribution is 7.92. The van der Waals surface area contributed by atoms with Gasteiger partial charge in [-0.1, -0.05) is 36.8 Å². The largest absolute Gasteiger partial charge is 0.423 e. The van der Waals surface area contributed by atoms with Crippen LogP contribution in [0.3, 0.4) is 0 Å². The summed E-state index contributed by atoms with van der Waals surface area (Å²) in [4.78, 5) is 12.5. The van der Waals surface area contributed by atoms with Crippen molar-refractivity contribution in [3.8, 4) is 5.75 Å². The summed E-state index contributed by atoms with van der Waals surface area (Å²) in [5.41, 5.74) is 1.57. The summed E-state index contributed by atoms with van der Waals surface area (Å²) in [7, 11) is -2.02. The van der Waals surface area contributed by atoms with Gasteiger partial charge in [-0.15, -0.1) is 0 Å². The Hall–Kier alpha value is -2.34. The molecular formula is C18H21NO4S. The second-order valence-corrected chi connectivity index (χ2v) is 7.62. The normalized spacial score (nSPS) is 11.1. The maximum atomic E-state index is 12.5. The molecule has 0 N–H and O–H groups in total. The van der Waals surface area contributed by atoms with Crippen LogP contribution in [0.4, 0.5) is 5.69 Å². The lowest BCUT2D eigenvalue weighted by Gasteiger charge is -2.21. The van der Waals surface area contributed by atoms with Gasteiger partial charge in [-0.05, 0) is 37.6 Å². The van der Waals surface area contributed by atoms with Crippen LogP contribution in [0.25, 0.3) is 0 Å². The highest BCUT2D eigenvalue weighted by Crippen LogP contribution is 2.24. The molecule has 5 nitrogen and oxygen atoms in total. The molecule has 2 aromatic rings. The van der Waals surface area contributed by atoms with Crippen molar-refractivity contribution < 1.29 is 17.9 Å². The molecule has 0 saturated heterocycles. The smallest absolute Gasteiger partial charge is 0.345 e. The lowest BCUT2D eigenvalue weighted by Crippen LogP contribution is -2.30. The van der Waals surface area contributed by atoms with Crippen LogP contribution in [0.2, 0.25) is 0 Å². The lowest BCUT2D eigenvalue weighted by atomic mass is 10.2. The average Bonchev–Trinajstić information content (AvgIpc) is 2.56. The van der Waals surface area contributed by atoms with Crippen LogP contribution in [-0.4, -0.2) is 27.2 Å². The van der Waals surface area contributed by atoms with Gasteiger partial charge in [-0.25, -0.2) is 13.2 Å². The Kier molecular flexibility index (Phi) is 5.62. The number of anilines is 1. The van der Waals surface area contributed by atoms with Crippen LogP contribution < -0.4 is 9.04 Å². The summed E-state index contributed by atoms with van der Waals surface area (Å²) in [6.07, 6.45) is 0.503. The van der Waals surface area contributed by atoms with E-state index in [2.05, 4.69) is 0 Å².